The predicted molar refractivity (Wildman–Crippen MR) is 107 cm³/mol. The smallest absolute Gasteiger partial charge is 0.323 e. The van der Waals surface area contributed by atoms with Gasteiger partial charge in [0.25, 0.3) is 0 Å². The number of rotatable bonds is 3. The van der Waals surface area contributed by atoms with E-state index in [9.17, 15) is 19.2 Å². The molecule has 6 rings (SSSR count). The lowest BCUT2D eigenvalue weighted by atomic mass is 9.69. The third kappa shape index (κ3) is 2.30. The Morgan fingerprint density at radius 3 is 2.66 bits per heavy atom. The molecular weight excluding hydrogens is 432 g/mol. The number of amides is 2. The summed E-state index contributed by atoms with van der Waals surface area (Å²) in [6.45, 7) is -0.554. The SMILES string of the molecule is O=C(O)CN1C(=O)[C@@H]2[C@H]3C[C@@H]([C@H]4Sc5[nH]c(=O)sc5[C@H](c5cccs5)[C@@H]34)[C@H]2C1=O. The summed E-state index contributed by atoms with van der Waals surface area (Å²) < 4.78 is 0. The van der Waals surface area contributed by atoms with Gasteiger partial charge < -0.3 is 10.1 Å². The Labute approximate surface area is 177 Å². The lowest BCUT2D eigenvalue weighted by Gasteiger charge is -2.42. The molecule has 2 amide bonds. The molecule has 150 valence electrons. The first-order valence-electron chi connectivity index (χ1n) is 9.45. The molecule has 7 nitrogen and oxygen atoms in total. The fourth-order valence-corrected chi connectivity index (χ4v) is 10.0. The van der Waals surface area contributed by atoms with Gasteiger partial charge in [0, 0.05) is 20.9 Å². The Morgan fingerprint density at radius 2 is 1.97 bits per heavy atom. The van der Waals surface area contributed by atoms with Crippen LogP contribution in [0.15, 0.2) is 27.3 Å². The van der Waals surface area contributed by atoms with E-state index in [-0.39, 0.29) is 45.6 Å². The Kier molecular flexibility index (Phi) is 3.74. The first kappa shape index (κ1) is 17.9. The molecule has 2 bridgehead atoms. The van der Waals surface area contributed by atoms with Crippen LogP contribution in [0.3, 0.4) is 0 Å². The summed E-state index contributed by atoms with van der Waals surface area (Å²) >= 11 is 4.54. The summed E-state index contributed by atoms with van der Waals surface area (Å²) in [5.74, 6) is -2.36. The molecule has 2 aliphatic heterocycles. The van der Waals surface area contributed by atoms with Crippen LogP contribution in [-0.4, -0.2) is 44.6 Å². The van der Waals surface area contributed by atoms with Gasteiger partial charge >= 0.3 is 10.8 Å². The van der Waals surface area contributed by atoms with Gasteiger partial charge in [-0.25, -0.2) is 0 Å². The number of hydrogen-bond donors (Lipinski definition) is 2. The molecular formula is C19H16N2O5S3. The number of likely N-dealkylation sites (tertiary alicyclic amines) is 1. The number of aliphatic carboxylic acids is 1. The number of aromatic amines is 1. The lowest BCUT2D eigenvalue weighted by molar-refractivity contribution is -0.149. The van der Waals surface area contributed by atoms with E-state index in [1.807, 2.05) is 11.4 Å². The number of carbonyl (C=O) groups excluding carboxylic acids is 2. The van der Waals surface area contributed by atoms with Gasteiger partial charge in [-0.15, -0.1) is 23.1 Å². The second kappa shape index (κ2) is 6.05. The zero-order chi connectivity index (χ0) is 20.0. The minimum Gasteiger partial charge on any atom is -0.480 e. The van der Waals surface area contributed by atoms with Crippen molar-refractivity contribution < 1.29 is 19.5 Å². The number of carboxylic acid groups (broad SMARTS) is 1. The molecule has 0 unspecified atom stereocenters. The summed E-state index contributed by atoms with van der Waals surface area (Å²) in [6, 6.07) is 4.08. The van der Waals surface area contributed by atoms with Gasteiger partial charge in [0.2, 0.25) is 11.8 Å². The third-order valence-corrected chi connectivity index (χ3v) is 10.5. The largest absolute Gasteiger partial charge is 0.480 e. The number of imide groups is 1. The molecule has 2 saturated carbocycles. The number of thioether (sulfide) groups is 1. The summed E-state index contributed by atoms with van der Waals surface area (Å²) in [4.78, 5) is 55.3. The fourth-order valence-electron chi connectivity index (χ4n) is 6.16. The van der Waals surface area contributed by atoms with Crippen molar-refractivity contribution in [3.8, 4) is 0 Å². The van der Waals surface area contributed by atoms with Crippen molar-refractivity contribution in [1.82, 2.24) is 9.88 Å². The maximum absolute atomic E-state index is 13.0. The molecule has 7 atom stereocenters. The van der Waals surface area contributed by atoms with E-state index in [2.05, 4.69) is 11.1 Å². The zero-order valence-electron chi connectivity index (χ0n) is 14.9. The topological polar surface area (TPSA) is 108 Å². The van der Waals surface area contributed by atoms with E-state index in [0.29, 0.717) is 0 Å². The second-order valence-electron chi connectivity index (χ2n) is 8.13. The van der Waals surface area contributed by atoms with Gasteiger partial charge in [0.1, 0.15) is 6.54 Å². The van der Waals surface area contributed by atoms with Gasteiger partial charge in [0.05, 0.1) is 16.9 Å². The summed E-state index contributed by atoms with van der Waals surface area (Å²) in [7, 11) is 0. The number of carboxylic acids is 1. The highest BCUT2D eigenvalue weighted by atomic mass is 32.2. The van der Waals surface area contributed by atoms with Crippen LogP contribution in [0.2, 0.25) is 0 Å². The van der Waals surface area contributed by atoms with Crippen LogP contribution < -0.4 is 4.87 Å². The van der Waals surface area contributed by atoms with Gasteiger partial charge in [-0.2, -0.15) is 0 Å². The van der Waals surface area contributed by atoms with E-state index in [0.717, 1.165) is 21.2 Å². The number of H-pyrrole nitrogens is 1. The van der Waals surface area contributed by atoms with Crippen molar-refractivity contribution in [2.24, 2.45) is 29.6 Å². The Morgan fingerprint density at radius 1 is 1.21 bits per heavy atom. The maximum atomic E-state index is 13.0. The average Bonchev–Trinajstić information content (AvgIpc) is 3.45. The monoisotopic (exact) mass is 448 g/mol. The second-order valence-corrected chi connectivity index (χ2v) is 11.3. The first-order valence-corrected chi connectivity index (χ1v) is 12.0. The Bertz CT molecular complexity index is 1110. The van der Waals surface area contributed by atoms with Crippen LogP contribution in [-0.2, 0) is 14.4 Å². The predicted octanol–water partition coefficient (Wildman–Crippen LogP) is 2.06. The molecule has 0 spiro atoms. The van der Waals surface area contributed by atoms with Gasteiger partial charge in [-0.1, -0.05) is 17.4 Å². The summed E-state index contributed by atoms with van der Waals surface area (Å²) in [6.07, 6.45) is 0.817. The third-order valence-electron chi connectivity index (χ3n) is 6.96. The average molecular weight is 449 g/mol. The van der Waals surface area contributed by atoms with Crippen molar-refractivity contribution in [3.63, 3.8) is 0 Å². The normalized spacial score (nSPS) is 37.0. The molecule has 4 aliphatic rings. The molecule has 2 N–H and O–H groups in total. The van der Waals surface area contributed by atoms with Gasteiger partial charge in [-0.05, 0) is 35.6 Å². The molecule has 3 fully saturated rings. The number of nitrogens with one attached hydrogen (secondary N) is 1. The number of thiazole rings is 1. The van der Waals surface area contributed by atoms with Crippen LogP contribution in [0.4, 0.5) is 0 Å². The molecule has 0 aromatic carbocycles. The molecule has 2 aromatic heterocycles. The van der Waals surface area contributed by atoms with E-state index < -0.39 is 24.3 Å². The first-order chi connectivity index (χ1) is 14.0. The molecule has 29 heavy (non-hydrogen) atoms. The molecule has 1 saturated heterocycles. The highest BCUT2D eigenvalue weighted by Crippen LogP contribution is 2.68. The van der Waals surface area contributed by atoms with Gasteiger partial charge in [-0.3, -0.25) is 24.1 Å². The summed E-state index contributed by atoms with van der Waals surface area (Å²) in [5, 5.41) is 12.2. The quantitative estimate of drug-likeness (QED) is 0.696. The van der Waals surface area contributed by atoms with E-state index in [4.69, 9.17) is 5.11 Å². The van der Waals surface area contributed by atoms with Crippen molar-refractivity contribution in [2.75, 3.05) is 6.54 Å². The van der Waals surface area contributed by atoms with Gasteiger partial charge in [0.15, 0.2) is 0 Å². The molecule has 4 heterocycles. The molecule has 0 radical (unpaired) electrons. The van der Waals surface area contributed by atoms with Crippen molar-refractivity contribution in [2.45, 2.75) is 22.6 Å². The van der Waals surface area contributed by atoms with Crippen molar-refractivity contribution >= 4 is 52.2 Å². The number of carbonyl (C=O) groups is 3. The van der Waals surface area contributed by atoms with Crippen LogP contribution in [0.1, 0.15) is 22.1 Å². The molecule has 2 aliphatic carbocycles. The lowest BCUT2D eigenvalue weighted by Crippen LogP contribution is -2.42. The van der Waals surface area contributed by atoms with Crippen LogP contribution in [0, 0.1) is 29.6 Å². The number of hydrogen-bond acceptors (Lipinski definition) is 7. The van der Waals surface area contributed by atoms with Crippen LogP contribution in [0.25, 0.3) is 0 Å². The number of thiophene rings is 1. The highest BCUT2D eigenvalue weighted by Gasteiger charge is 2.69. The zero-order valence-corrected chi connectivity index (χ0v) is 17.4. The van der Waals surface area contributed by atoms with E-state index >= 15 is 0 Å². The van der Waals surface area contributed by atoms with Crippen molar-refractivity contribution in [1.29, 1.82) is 0 Å². The van der Waals surface area contributed by atoms with E-state index in [1.54, 1.807) is 23.1 Å². The number of nitrogens with zero attached hydrogens (tertiary/aromatic N) is 1. The van der Waals surface area contributed by atoms with Crippen LogP contribution >= 0.6 is 34.4 Å². The standard InChI is InChI=1S/C19H16N2O5S3/c22-9(23)5-21-17(24)11-6-4-7(12(11)18(21)25)14-10(6)13(8-2-1-3-27-8)15-16(28-14)20-19(26)29-15/h1-3,6-7,10-14H,4-5H2,(H,20,26)(H,22,23)/t6-,7+,10+,11+,12+,13+,14+/m0/s1. The van der Waals surface area contributed by atoms with Crippen LogP contribution in [0.5, 0.6) is 0 Å². The highest BCUT2D eigenvalue weighted by molar-refractivity contribution is 8.00. The van der Waals surface area contributed by atoms with E-state index in [1.165, 1.54) is 16.2 Å². The fraction of sp³-hybridized carbons (Fsp3) is 0.474. The van der Waals surface area contributed by atoms with Crippen molar-refractivity contribution in [3.05, 3.63) is 36.9 Å². The Balaban J connectivity index is 1.45. The Hall–Kier alpha value is -1.91. The minimum absolute atomic E-state index is 0.0364. The maximum Gasteiger partial charge on any atom is 0.323 e. The number of aromatic nitrogens is 1. The summed E-state index contributed by atoms with van der Waals surface area (Å²) in [5.41, 5.74) is 0. The number of fused-ring (bicyclic) bond motifs is 9. The molecule has 10 heteroatoms. The molecule has 2 aromatic rings. The minimum atomic E-state index is -1.16.